The minimum atomic E-state index is -1.17. The molecule has 2 aliphatic rings. The zero-order chi connectivity index (χ0) is 17.5. The summed E-state index contributed by atoms with van der Waals surface area (Å²) in [5.41, 5.74) is 8.22. The van der Waals surface area contributed by atoms with Gasteiger partial charge in [0.25, 0.3) is 0 Å². The van der Waals surface area contributed by atoms with E-state index in [0.29, 0.717) is 17.9 Å². The standard InChI is InChI=1S/C16H19N3O5/c1-16(2,15(21)22-3)24-10-6-4-5-8-12-11(23-14(8)10)7-9(13(12)20)18-19-17/h4-6,9,11-13,20H,7H2,1-3H3. The lowest BCUT2D eigenvalue weighted by molar-refractivity contribution is -0.156. The first-order valence-electron chi connectivity index (χ1n) is 7.68. The number of hydrogen-bond acceptors (Lipinski definition) is 6. The number of fused-ring (bicyclic) bond motifs is 3. The second-order valence-corrected chi connectivity index (χ2v) is 6.46. The average Bonchev–Trinajstić information content (AvgIpc) is 3.05. The predicted molar refractivity (Wildman–Crippen MR) is 83.9 cm³/mol. The molecule has 1 aliphatic heterocycles. The molecule has 0 bridgehead atoms. The van der Waals surface area contributed by atoms with E-state index in [2.05, 4.69) is 10.0 Å². The molecule has 8 heteroatoms. The Morgan fingerprint density at radius 1 is 1.50 bits per heavy atom. The summed E-state index contributed by atoms with van der Waals surface area (Å²) < 4.78 is 16.5. The zero-order valence-electron chi connectivity index (χ0n) is 13.7. The van der Waals surface area contributed by atoms with E-state index in [1.807, 2.05) is 6.07 Å². The van der Waals surface area contributed by atoms with Gasteiger partial charge < -0.3 is 19.3 Å². The van der Waals surface area contributed by atoms with Crippen LogP contribution in [0.3, 0.4) is 0 Å². The molecule has 4 unspecified atom stereocenters. The molecular formula is C16H19N3O5. The lowest BCUT2D eigenvalue weighted by Gasteiger charge is -2.24. The molecule has 1 aromatic rings. The number of aliphatic hydroxyl groups excluding tert-OH is 1. The lowest BCUT2D eigenvalue weighted by atomic mass is 9.95. The highest BCUT2D eigenvalue weighted by Crippen LogP contribution is 2.51. The maximum Gasteiger partial charge on any atom is 0.349 e. The van der Waals surface area contributed by atoms with E-state index >= 15 is 0 Å². The van der Waals surface area contributed by atoms with Crippen molar-refractivity contribution in [2.45, 2.75) is 50.0 Å². The van der Waals surface area contributed by atoms with Crippen LogP contribution in [-0.2, 0) is 9.53 Å². The maximum absolute atomic E-state index is 11.8. The fourth-order valence-electron chi connectivity index (χ4n) is 3.39. The molecule has 0 aromatic heterocycles. The number of methoxy groups -OCH3 is 1. The third-order valence-corrected chi connectivity index (χ3v) is 4.52. The van der Waals surface area contributed by atoms with Gasteiger partial charge in [0.2, 0.25) is 0 Å². The Morgan fingerprint density at radius 2 is 2.25 bits per heavy atom. The Labute approximate surface area is 138 Å². The third-order valence-electron chi connectivity index (χ3n) is 4.52. The molecule has 0 amide bonds. The smallest absolute Gasteiger partial charge is 0.349 e. The summed E-state index contributed by atoms with van der Waals surface area (Å²) >= 11 is 0. The largest absolute Gasteiger partial charge is 0.485 e. The number of nitrogens with zero attached hydrogens (tertiary/aromatic N) is 3. The van der Waals surface area contributed by atoms with Gasteiger partial charge in [-0.2, -0.15) is 0 Å². The Hall–Kier alpha value is -2.44. The Kier molecular flexibility index (Phi) is 4.03. The van der Waals surface area contributed by atoms with Crippen molar-refractivity contribution in [3.8, 4) is 11.5 Å². The molecule has 3 rings (SSSR count). The topological polar surface area (TPSA) is 114 Å². The fraction of sp³-hybridized carbons (Fsp3) is 0.562. The van der Waals surface area contributed by atoms with E-state index < -0.39 is 23.7 Å². The van der Waals surface area contributed by atoms with Crippen LogP contribution in [0, 0.1) is 0 Å². The van der Waals surface area contributed by atoms with Gasteiger partial charge in [-0.25, -0.2) is 4.79 Å². The van der Waals surface area contributed by atoms with Crippen molar-refractivity contribution in [3.63, 3.8) is 0 Å². The highest BCUT2D eigenvalue weighted by atomic mass is 16.6. The lowest BCUT2D eigenvalue weighted by Crippen LogP contribution is -2.39. The molecule has 8 nitrogen and oxygen atoms in total. The number of rotatable bonds is 4. The third kappa shape index (κ3) is 2.53. The highest BCUT2D eigenvalue weighted by molar-refractivity contribution is 5.79. The van der Waals surface area contributed by atoms with Crippen molar-refractivity contribution in [1.29, 1.82) is 0 Å². The van der Waals surface area contributed by atoms with Gasteiger partial charge in [-0.15, -0.1) is 0 Å². The number of carbonyl (C=O) groups excluding carboxylic acids is 1. The maximum atomic E-state index is 11.8. The van der Waals surface area contributed by atoms with E-state index in [-0.39, 0.29) is 12.0 Å². The fourth-order valence-corrected chi connectivity index (χ4v) is 3.39. The van der Waals surface area contributed by atoms with Gasteiger partial charge in [-0.3, -0.25) is 0 Å². The molecule has 0 spiro atoms. The van der Waals surface area contributed by atoms with Gasteiger partial charge in [0, 0.05) is 10.5 Å². The van der Waals surface area contributed by atoms with E-state index in [1.54, 1.807) is 26.0 Å². The molecule has 0 radical (unpaired) electrons. The highest BCUT2D eigenvalue weighted by Gasteiger charge is 2.50. The van der Waals surface area contributed by atoms with Crippen molar-refractivity contribution >= 4 is 5.97 Å². The van der Waals surface area contributed by atoms with Gasteiger partial charge in [-0.05, 0) is 31.9 Å². The van der Waals surface area contributed by atoms with Crippen molar-refractivity contribution in [2.75, 3.05) is 7.11 Å². The van der Waals surface area contributed by atoms with Gasteiger partial charge in [0.15, 0.2) is 17.1 Å². The number of esters is 1. The normalized spacial score (nSPS) is 27.5. The van der Waals surface area contributed by atoms with Crippen molar-refractivity contribution in [2.24, 2.45) is 5.11 Å². The summed E-state index contributed by atoms with van der Waals surface area (Å²) in [7, 11) is 1.30. The molecular weight excluding hydrogens is 314 g/mol. The van der Waals surface area contributed by atoms with Crippen LogP contribution < -0.4 is 9.47 Å². The molecule has 1 aliphatic carbocycles. The number of carbonyl (C=O) groups is 1. The van der Waals surface area contributed by atoms with E-state index in [0.717, 1.165) is 5.56 Å². The van der Waals surface area contributed by atoms with Gasteiger partial charge in [-0.1, -0.05) is 17.2 Å². The number of para-hydroxylation sites is 1. The number of benzene rings is 1. The van der Waals surface area contributed by atoms with Crippen LogP contribution in [0.2, 0.25) is 0 Å². The first kappa shape index (κ1) is 16.4. The summed E-state index contributed by atoms with van der Waals surface area (Å²) in [4.78, 5) is 14.6. The van der Waals surface area contributed by atoms with Gasteiger partial charge in [0.05, 0.1) is 25.2 Å². The summed E-state index contributed by atoms with van der Waals surface area (Å²) in [5, 5.41) is 14.1. The van der Waals surface area contributed by atoms with Crippen molar-refractivity contribution in [3.05, 3.63) is 34.2 Å². The van der Waals surface area contributed by atoms with Crippen LogP contribution >= 0.6 is 0 Å². The molecule has 1 heterocycles. The zero-order valence-corrected chi connectivity index (χ0v) is 13.7. The van der Waals surface area contributed by atoms with E-state index in [9.17, 15) is 9.90 Å². The summed E-state index contributed by atoms with van der Waals surface area (Å²) in [5.74, 6) is 0.162. The Morgan fingerprint density at radius 3 is 2.92 bits per heavy atom. The SMILES string of the molecule is COC(=O)C(C)(C)Oc1cccc2c1OC1CC(N=[N+]=[N-])C(O)C21. The first-order valence-corrected chi connectivity index (χ1v) is 7.68. The van der Waals surface area contributed by atoms with E-state index in [1.165, 1.54) is 7.11 Å². The number of ether oxygens (including phenoxy) is 3. The summed E-state index contributed by atoms with van der Waals surface area (Å²) in [6.45, 7) is 3.22. The number of azide groups is 1. The molecule has 128 valence electrons. The van der Waals surface area contributed by atoms with Crippen LogP contribution in [0.5, 0.6) is 11.5 Å². The van der Waals surface area contributed by atoms with E-state index in [4.69, 9.17) is 19.7 Å². The van der Waals surface area contributed by atoms with Gasteiger partial charge >= 0.3 is 5.97 Å². The van der Waals surface area contributed by atoms with Crippen molar-refractivity contribution < 1.29 is 24.1 Å². The molecule has 1 saturated carbocycles. The molecule has 1 fully saturated rings. The monoisotopic (exact) mass is 333 g/mol. The number of aliphatic hydroxyl groups is 1. The average molecular weight is 333 g/mol. The quantitative estimate of drug-likeness (QED) is 0.393. The molecule has 1 N–H and O–H groups in total. The molecule has 0 saturated heterocycles. The predicted octanol–water partition coefficient (Wildman–Crippen LogP) is 2.31. The van der Waals surface area contributed by atoms with Crippen LogP contribution in [0.1, 0.15) is 31.7 Å². The minimum absolute atomic E-state index is 0.278. The van der Waals surface area contributed by atoms with Crippen molar-refractivity contribution in [1.82, 2.24) is 0 Å². The Bertz CT molecular complexity index is 714. The van der Waals surface area contributed by atoms with Crippen LogP contribution in [0.25, 0.3) is 10.4 Å². The molecule has 1 aromatic carbocycles. The minimum Gasteiger partial charge on any atom is -0.485 e. The first-order chi connectivity index (χ1) is 11.4. The number of hydrogen-bond donors (Lipinski definition) is 1. The Balaban J connectivity index is 1.91. The molecule has 4 atom stereocenters. The van der Waals surface area contributed by atoms with Crippen LogP contribution in [-0.4, -0.2) is 42.0 Å². The second kappa shape index (κ2) is 5.89. The van der Waals surface area contributed by atoms with Gasteiger partial charge in [0.1, 0.15) is 6.10 Å². The molecule has 24 heavy (non-hydrogen) atoms. The van der Waals surface area contributed by atoms with Crippen LogP contribution in [0.15, 0.2) is 23.3 Å². The van der Waals surface area contributed by atoms with Crippen LogP contribution in [0.4, 0.5) is 0 Å². The summed E-state index contributed by atoms with van der Waals surface area (Å²) in [6.07, 6.45) is -0.655. The second-order valence-electron chi connectivity index (χ2n) is 6.46. The summed E-state index contributed by atoms with van der Waals surface area (Å²) in [6, 6.07) is 4.83.